The molecule has 1 saturated carbocycles. The van der Waals surface area contributed by atoms with Crippen molar-refractivity contribution in [3.8, 4) is 0 Å². The Bertz CT molecular complexity index is 957. The van der Waals surface area contributed by atoms with Crippen LogP contribution >= 0.6 is 11.6 Å². The van der Waals surface area contributed by atoms with Crippen molar-refractivity contribution in [1.82, 2.24) is 10.2 Å². The normalized spacial score (nSPS) is 18.0. The fourth-order valence-corrected chi connectivity index (χ4v) is 4.45. The highest BCUT2D eigenvalue weighted by atomic mass is 35.5. The number of carbonyl (C=O) groups excluding carboxylic acids is 1. The summed E-state index contributed by atoms with van der Waals surface area (Å²) in [5.41, 5.74) is 0.414. The molecule has 0 radical (unpaired) electrons. The Kier molecular flexibility index (Phi) is 4.68. The van der Waals surface area contributed by atoms with Crippen molar-refractivity contribution < 1.29 is 13.2 Å². The zero-order chi connectivity index (χ0) is 20.0. The highest BCUT2D eigenvalue weighted by molar-refractivity contribution is 7.92. The second kappa shape index (κ2) is 6.45. The van der Waals surface area contributed by atoms with Crippen LogP contribution in [0.2, 0.25) is 5.15 Å². The molecule has 0 aliphatic heterocycles. The lowest BCUT2D eigenvalue weighted by Gasteiger charge is -2.09. The molecule has 0 saturated heterocycles. The Labute approximate surface area is 163 Å². The zero-order valence-electron chi connectivity index (χ0n) is 15.4. The Balaban J connectivity index is 1.70. The molecule has 3 rings (SSSR count). The van der Waals surface area contributed by atoms with E-state index in [9.17, 15) is 13.2 Å². The van der Waals surface area contributed by atoms with Gasteiger partial charge in [0, 0.05) is 11.6 Å². The van der Waals surface area contributed by atoms with Gasteiger partial charge in [0.2, 0.25) is 5.91 Å². The highest BCUT2D eigenvalue weighted by Gasteiger charge is 2.68. The van der Waals surface area contributed by atoms with E-state index in [1.54, 1.807) is 12.1 Å². The summed E-state index contributed by atoms with van der Waals surface area (Å²) in [5, 5.41) is 10.3. The second-order valence-electron chi connectivity index (χ2n) is 7.74. The highest BCUT2D eigenvalue weighted by Crippen LogP contribution is 2.68. The second-order valence-corrected chi connectivity index (χ2v) is 9.81. The molecule has 9 heteroatoms. The number of sulfonamides is 1. The molecule has 1 amide bonds. The Morgan fingerprint density at radius 2 is 1.59 bits per heavy atom. The van der Waals surface area contributed by atoms with E-state index in [0.29, 0.717) is 5.69 Å². The third-order valence-corrected chi connectivity index (χ3v) is 7.16. The van der Waals surface area contributed by atoms with Crippen molar-refractivity contribution in [2.45, 2.75) is 32.6 Å². The molecular weight excluding hydrogens is 388 g/mol. The van der Waals surface area contributed by atoms with Crippen LogP contribution in [0.4, 0.5) is 11.5 Å². The van der Waals surface area contributed by atoms with Crippen LogP contribution in [-0.2, 0) is 14.8 Å². The molecule has 2 N–H and O–H groups in total. The molecule has 0 bridgehead atoms. The third kappa shape index (κ3) is 3.64. The number of hydrogen-bond donors (Lipinski definition) is 2. The summed E-state index contributed by atoms with van der Waals surface area (Å²) in [6.45, 7) is 8.27. The summed E-state index contributed by atoms with van der Waals surface area (Å²) in [4.78, 5) is 12.5. The number of carbonyl (C=O) groups is 1. The number of anilines is 2. The first kappa shape index (κ1) is 19.6. The number of aromatic nitrogens is 2. The van der Waals surface area contributed by atoms with Crippen LogP contribution in [0.15, 0.2) is 41.3 Å². The van der Waals surface area contributed by atoms with Crippen molar-refractivity contribution in [1.29, 1.82) is 0 Å². The molecule has 144 valence electrons. The van der Waals surface area contributed by atoms with Gasteiger partial charge in [-0.05, 0) is 47.2 Å². The van der Waals surface area contributed by atoms with Crippen LogP contribution in [-0.4, -0.2) is 24.5 Å². The lowest BCUT2D eigenvalue weighted by Crippen LogP contribution is -2.18. The van der Waals surface area contributed by atoms with E-state index in [0.717, 1.165) is 0 Å². The van der Waals surface area contributed by atoms with E-state index in [4.69, 9.17) is 11.6 Å². The molecule has 0 unspecified atom stereocenters. The fraction of sp³-hybridized carbons (Fsp3) is 0.389. The molecule has 0 atom stereocenters. The van der Waals surface area contributed by atoms with Crippen LogP contribution in [0.3, 0.4) is 0 Å². The molecule has 1 aliphatic carbocycles. The summed E-state index contributed by atoms with van der Waals surface area (Å²) < 4.78 is 27.1. The van der Waals surface area contributed by atoms with Crippen LogP contribution in [0.5, 0.6) is 0 Å². The predicted octanol–water partition coefficient (Wildman–Crippen LogP) is 3.55. The minimum atomic E-state index is -3.82. The Hall–Kier alpha value is -2.19. The van der Waals surface area contributed by atoms with E-state index in [-0.39, 0.29) is 38.5 Å². The molecule has 7 nitrogen and oxygen atoms in total. The SMILES string of the molecule is CC1(C)C(C(=O)Nc2ccc(S(=O)(=O)Nc3ccc(Cl)nn3)cc2)C1(C)C. The van der Waals surface area contributed by atoms with Gasteiger partial charge in [-0.25, -0.2) is 8.42 Å². The molecule has 0 spiro atoms. The van der Waals surface area contributed by atoms with Gasteiger partial charge >= 0.3 is 0 Å². The van der Waals surface area contributed by atoms with Crippen LogP contribution in [0.25, 0.3) is 0 Å². The first-order valence-electron chi connectivity index (χ1n) is 8.38. The topological polar surface area (TPSA) is 101 Å². The van der Waals surface area contributed by atoms with Gasteiger partial charge in [0.15, 0.2) is 11.0 Å². The third-order valence-electron chi connectivity index (χ3n) is 5.59. The number of nitrogens with one attached hydrogen (secondary N) is 2. The predicted molar refractivity (Wildman–Crippen MR) is 104 cm³/mol. The van der Waals surface area contributed by atoms with Gasteiger partial charge in [0.25, 0.3) is 10.0 Å². The van der Waals surface area contributed by atoms with E-state index < -0.39 is 10.0 Å². The minimum absolute atomic E-state index is 0.0457. The molecule has 1 heterocycles. The maximum Gasteiger partial charge on any atom is 0.263 e. The maximum atomic E-state index is 12.5. The van der Waals surface area contributed by atoms with E-state index in [1.807, 2.05) is 0 Å². The lowest BCUT2D eigenvalue weighted by atomic mass is 10.0. The summed E-state index contributed by atoms with van der Waals surface area (Å²) >= 11 is 5.64. The molecule has 2 aromatic rings. The number of nitrogens with zero attached hydrogens (tertiary/aromatic N) is 2. The maximum absolute atomic E-state index is 12.5. The molecule has 1 aliphatic rings. The van der Waals surface area contributed by atoms with Crippen LogP contribution < -0.4 is 10.0 Å². The largest absolute Gasteiger partial charge is 0.326 e. The van der Waals surface area contributed by atoms with Gasteiger partial charge < -0.3 is 5.32 Å². The van der Waals surface area contributed by atoms with Crippen LogP contribution in [0, 0.1) is 16.7 Å². The number of hydrogen-bond acceptors (Lipinski definition) is 5. The average Bonchev–Trinajstić information content (AvgIpc) is 2.99. The molecule has 1 fully saturated rings. The molecular formula is C18H21ClN4O3S. The minimum Gasteiger partial charge on any atom is -0.326 e. The lowest BCUT2D eigenvalue weighted by molar-refractivity contribution is -0.118. The zero-order valence-corrected chi connectivity index (χ0v) is 17.0. The van der Waals surface area contributed by atoms with E-state index >= 15 is 0 Å². The van der Waals surface area contributed by atoms with Crippen molar-refractivity contribution in [2.75, 3.05) is 10.0 Å². The standard InChI is InChI=1S/C18H21ClN4O3S/c1-17(2)15(18(17,3)4)16(24)20-11-5-7-12(8-6-11)27(25,26)23-14-10-9-13(19)21-22-14/h5-10,15H,1-4H3,(H,20,24)(H,22,23). The number of halogens is 1. The van der Waals surface area contributed by atoms with Gasteiger partial charge in [0.1, 0.15) is 0 Å². The first-order valence-corrected chi connectivity index (χ1v) is 10.2. The van der Waals surface area contributed by atoms with Crippen molar-refractivity contribution >= 4 is 39.0 Å². The monoisotopic (exact) mass is 408 g/mol. The van der Waals surface area contributed by atoms with Gasteiger partial charge in [-0.1, -0.05) is 39.3 Å². The van der Waals surface area contributed by atoms with Gasteiger partial charge in [-0.15, -0.1) is 10.2 Å². The van der Waals surface area contributed by atoms with Crippen molar-refractivity contribution in [3.05, 3.63) is 41.6 Å². The van der Waals surface area contributed by atoms with Gasteiger partial charge in [0.05, 0.1) is 4.90 Å². The van der Waals surface area contributed by atoms with E-state index in [1.165, 1.54) is 24.3 Å². The average molecular weight is 409 g/mol. The summed E-state index contributed by atoms with van der Waals surface area (Å²) in [5.74, 6) is -0.0799. The summed E-state index contributed by atoms with van der Waals surface area (Å²) in [6.07, 6.45) is 0. The van der Waals surface area contributed by atoms with Gasteiger partial charge in [-0.2, -0.15) is 0 Å². The van der Waals surface area contributed by atoms with Crippen molar-refractivity contribution in [2.24, 2.45) is 16.7 Å². The number of benzene rings is 1. The van der Waals surface area contributed by atoms with Crippen LogP contribution in [0.1, 0.15) is 27.7 Å². The summed E-state index contributed by atoms with van der Waals surface area (Å²) in [6, 6.07) is 8.81. The number of amides is 1. The van der Waals surface area contributed by atoms with Gasteiger partial charge in [-0.3, -0.25) is 9.52 Å². The quantitative estimate of drug-likeness (QED) is 0.787. The molecule has 1 aromatic heterocycles. The van der Waals surface area contributed by atoms with Crippen molar-refractivity contribution in [3.63, 3.8) is 0 Å². The fourth-order valence-electron chi connectivity index (χ4n) is 3.35. The van der Waals surface area contributed by atoms with E-state index in [2.05, 4.69) is 47.9 Å². The first-order chi connectivity index (χ1) is 12.4. The summed E-state index contributed by atoms with van der Waals surface area (Å²) in [7, 11) is -3.82. The molecule has 27 heavy (non-hydrogen) atoms. The smallest absolute Gasteiger partial charge is 0.263 e. The Morgan fingerprint density at radius 1 is 1.00 bits per heavy atom. The Morgan fingerprint density at radius 3 is 2.07 bits per heavy atom. The molecule has 1 aromatic carbocycles. The number of rotatable bonds is 5.